The van der Waals surface area contributed by atoms with Crippen molar-refractivity contribution in [3.63, 3.8) is 0 Å². The number of hydrogen-bond donors (Lipinski definition) is 0. The SMILES string of the molecule is C1#C/C=C/C#C\C=C/C=C\C=C/1. The highest BCUT2D eigenvalue weighted by atomic mass is 13.7. The summed E-state index contributed by atoms with van der Waals surface area (Å²) in [6.45, 7) is 0. The van der Waals surface area contributed by atoms with Crippen LogP contribution >= 0.6 is 0 Å². The lowest BCUT2D eigenvalue weighted by Crippen LogP contribution is -1.56. The average molecular weight is 152 g/mol. The summed E-state index contributed by atoms with van der Waals surface area (Å²) in [5.74, 6) is 11.3. The van der Waals surface area contributed by atoms with E-state index in [1.165, 1.54) is 0 Å². The standard InChI is InChI=1S/C12H8/c1-2-4-6-8-10-12-11-9-7-5-3-1/h1-6,11-12H/b2-1-,3-1?,4-2?,5-3-,6-4-,12-11+. The maximum Gasteiger partial charge on any atom is -0.00316 e. The van der Waals surface area contributed by atoms with Gasteiger partial charge in [-0.2, -0.15) is 0 Å². The van der Waals surface area contributed by atoms with E-state index in [4.69, 9.17) is 0 Å². The second-order valence-corrected chi connectivity index (χ2v) is 2.01. The van der Waals surface area contributed by atoms with Crippen molar-refractivity contribution in [1.82, 2.24) is 0 Å². The zero-order valence-electron chi connectivity index (χ0n) is 6.62. The van der Waals surface area contributed by atoms with Crippen LogP contribution < -0.4 is 0 Å². The first-order chi connectivity index (χ1) is 6.00. The van der Waals surface area contributed by atoms with E-state index >= 15 is 0 Å². The maximum atomic E-state index is 2.84. The normalized spacial score (nSPS) is 24.0. The number of hydrogen-bond acceptors (Lipinski definition) is 0. The van der Waals surface area contributed by atoms with Crippen LogP contribution in [-0.4, -0.2) is 0 Å². The molecule has 0 aromatic rings. The molecule has 0 spiro atoms. The molecule has 0 N–H and O–H groups in total. The van der Waals surface area contributed by atoms with Gasteiger partial charge in [0.15, 0.2) is 0 Å². The molecule has 0 heteroatoms. The molecular weight excluding hydrogens is 144 g/mol. The molecule has 0 atom stereocenters. The van der Waals surface area contributed by atoms with Crippen molar-refractivity contribution < 1.29 is 0 Å². The molecule has 1 aliphatic carbocycles. The molecule has 0 nitrogen and oxygen atoms in total. The van der Waals surface area contributed by atoms with Crippen molar-refractivity contribution >= 4 is 0 Å². The van der Waals surface area contributed by atoms with Crippen LogP contribution in [0, 0.1) is 23.7 Å². The Morgan fingerprint density at radius 1 is 0.417 bits per heavy atom. The van der Waals surface area contributed by atoms with Gasteiger partial charge in [0.05, 0.1) is 0 Å². The Balaban J connectivity index is 2.78. The van der Waals surface area contributed by atoms with Crippen molar-refractivity contribution in [3.05, 3.63) is 48.6 Å². The van der Waals surface area contributed by atoms with Gasteiger partial charge in [-0.15, -0.1) is 0 Å². The molecule has 0 aromatic carbocycles. The van der Waals surface area contributed by atoms with E-state index in [-0.39, 0.29) is 0 Å². The van der Waals surface area contributed by atoms with Crippen molar-refractivity contribution in [2.45, 2.75) is 0 Å². The molecule has 0 radical (unpaired) electrons. The van der Waals surface area contributed by atoms with Crippen LogP contribution in [-0.2, 0) is 0 Å². The third-order valence-electron chi connectivity index (χ3n) is 1.11. The van der Waals surface area contributed by atoms with Gasteiger partial charge < -0.3 is 0 Å². The van der Waals surface area contributed by atoms with Gasteiger partial charge >= 0.3 is 0 Å². The Bertz CT molecular complexity index is 318. The Morgan fingerprint density at radius 3 is 1.33 bits per heavy atom. The Morgan fingerprint density at radius 2 is 0.833 bits per heavy atom. The average Bonchev–Trinajstić information content (AvgIpc) is 2.05. The minimum absolute atomic E-state index is 1.73. The van der Waals surface area contributed by atoms with Gasteiger partial charge in [0.2, 0.25) is 0 Å². The number of allylic oxidation sites excluding steroid dienone is 8. The molecule has 0 aliphatic heterocycles. The first-order valence-electron chi connectivity index (χ1n) is 3.65. The molecule has 0 unspecified atom stereocenters. The molecule has 0 fully saturated rings. The lowest BCUT2D eigenvalue weighted by Gasteiger charge is -1.72. The van der Waals surface area contributed by atoms with Gasteiger partial charge in [0.1, 0.15) is 0 Å². The fraction of sp³-hybridized carbons (Fsp3) is 0. The fourth-order valence-electron chi connectivity index (χ4n) is 0.611. The van der Waals surface area contributed by atoms with Gasteiger partial charge in [0.25, 0.3) is 0 Å². The molecule has 12 heavy (non-hydrogen) atoms. The highest BCUT2D eigenvalue weighted by Crippen LogP contribution is 1.80. The molecule has 0 saturated carbocycles. The third kappa shape index (κ3) is 3.99. The molecule has 0 bridgehead atoms. The lowest BCUT2D eigenvalue weighted by molar-refractivity contribution is 1.90. The van der Waals surface area contributed by atoms with E-state index in [9.17, 15) is 0 Å². The largest absolute Gasteiger partial charge is 0.0702 e. The summed E-state index contributed by atoms with van der Waals surface area (Å²) in [4.78, 5) is 0. The van der Waals surface area contributed by atoms with Gasteiger partial charge in [-0.3, -0.25) is 0 Å². The molecule has 56 valence electrons. The predicted molar refractivity (Wildman–Crippen MR) is 52.1 cm³/mol. The van der Waals surface area contributed by atoms with Crippen molar-refractivity contribution in [2.24, 2.45) is 0 Å². The Labute approximate surface area is 73.0 Å². The number of rotatable bonds is 0. The lowest BCUT2D eigenvalue weighted by atomic mass is 10.3. The van der Waals surface area contributed by atoms with Gasteiger partial charge in [0, 0.05) is 0 Å². The molecule has 0 aromatic heterocycles. The highest BCUT2D eigenvalue weighted by molar-refractivity contribution is 5.33. The quantitative estimate of drug-likeness (QED) is 0.467. The molecule has 0 saturated heterocycles. The van der Waals surface area contributed by atoms with E-state index in [0.29, 0.717) is 0 Å². The zero-order valence-corrected chi connectivity index (χ0v) is 6.62. The predicted octanol–water partition coefficient (Wildman–Crippen LogP) is 2.23. The second-order valence-electron chi connectivity index (χ2n) is 2.01. The summed E-state index contributed by atoms with van der Waals surface area (Å²) in [6.07, 6.45) is 14.7. The smallest absolute Gasteiger partial charge is 0.00316 e. The van der Waals surface area contributed by atoms with E-state index < -0.39 is 0 Å². The van der Waals surface area contributed by atoms with Gasteiger partial charge in [-0.05, 0) is 24.3 Å². The first-order valence-corrected chi connectivity index (χ1v) is 3.65. The highest BCUT2D eigenvalue weighted by Gasteiger charge is 1.63. The van der Waals surface area contributed by atoms with E-state index in [1.54, 1.807) is 24.3 Å². The van der Waals surface area contributed by atoms with Crippen LogP contribution in [0.15, 0.2) is 48.6 Å². The summed E-state index contributed by atoms with van der Waals surface area (Å²) < 4.78 is 0. The molecule has 1 aliphatic rings. The van der Waals surface area contributed by atoms with Gasteiger partial charge in [-0.25, -0.2) is 0 Å². The van der Waals surface area contributed by atoms with E-state index in [2.05, 4.69) is 23.7 Å². The maximum absolute atomic E-state index is 2.84. The molecular formula is C12H8. The summed E-state index contributed by atoms with van der Waals surface area (Å²) in [5.41, 5.74) is 0. The van der Waals surface area contributed by atoms with Crippen molar-refractivity contribution in [2.75, 3.05) is 0 Å². The van der Waals surface area contributed by atoms with Crippen molar-refractivity contribution in [3.8, 4) is 23.7 Å². The van der Waals surface area contributed by atoms with Gasteiger partial charge in [-0.1, -0.05) is 48.0 Å². The first kappa shape index (κ1) is 8.18. The molecule has 0 amide bonds. The van der Waals surface area contributed by atoms with Crippen LogP contribution in [0.3, 0.4) is 0 Å². The molecule has 1 rings (SSSR count). The summed E-state index contributed by atoms with van der Waals surface area (Å²) in [6, 6.07) is 0. The summed E-state index contributed by atoms with van der Waals surface area (Å²) >= 11 is 0. The Kier molecular flexibility index (Phi) is 3.98. The van der Waals surface area contributed by atoms with E-state index in [0.717, 1.165) is 0 Å². The second kappa shape index (κ2) is 5.83. The minimum Gasteiger partial charge on any atom is -0.0702 e. The third-order valence-corrected chi connectivity index (χ3v) is 1.11. The zero-order chi connectivity index (χ0) is 8.49. The van der Waals surface area contributed by atoms with Crippen molar-refractivity contribution in [1.29, 1.82) is 0 Å². The van der Waals surface area contributed by atoms with Crippen LogP contribution in [0.4, 0.5) is 0 Å². The topological polar surface area (TPSA) is 0 Å². The van der Waals surface area contributed by atoms with Crippen LogP contribution in [0.5, 0.6) is 0 Å². The van der Waals surface area contributed by atoms with Crippen LogP contribution in [0.25, 0.3) is 0 Å². The molecule has 0 heterocycles. The summed E-state index contributed by atoms with van der Waals surface area (Å²) in [7, 11) is 0. The summed E-state index contributed by atoms with van der Waals surface area (Å²) in [5, 5.41) is 0. The Hall–Kier alpha value is -1.92. The monoisotopic (exact) mass is 152 g/mol. The fourth-order valence-corrected chi connectivity index (χ4v) is 0.611. The van der Waals surface area contributed by atoms with Crippen LogP contribution in [0.2, 0.25) is 0 Å². The van der Waals surface area contributed by atoms with E-state index in [1.807, 2.05) is 24.3 Å². The minimum atomic E-state index is 1.73. The van der Waals surface area contributed by atoms with Crippen LogP contribution in [0.1, 0.15) is 0 Å².